The molecular weight excluding hydrogens is 312 g/mol. The van der Waals surface area contributed by atoms with Crippen LogP contribution in [0.15, 0.2) is 42.7 Å². The van der Waals surface area contributed by atoms with E-state index in [0.717, 1.165) is 11.4 Å². The van der Waals surface area contributed by atoms with E-state index in [-0.39, 0.29) is 24.4 Å². The van der Waals surface area contributed by atoms with Crippen LogP contribution < -0.4 is 5.32 Å². The first-order chi connectivity index (χ1) is 11.1. The second-order valence-electron chi connectivity index (χ2n) is 5.38. The fourth-order valence-electron chi connectivity index (χ4n) is 2.52. The zero-order valence-electron chi connectivity index (χ0n) is 12.8. The first-order valence-electron chi connectivity index (χ1n) is 7.32. The summed E-state index contributed by atoms with van der Waals surface area (Å²) in [6.45, 7) is 0.0829. The van der Waals surface area contributed by atoms with Crippen LogP contribution in [0.5, 0.6) is 0 Å². The molecule has 6 nitrogen and oxygen atoms in total. The third kappa shape index (κ3) is 3.56. The molecule has 120 valence electrons. The SMILES string of the molecule is Cn1ccnc1C(NC(=O)CN1CSCC1=O)c1ccccc1. The molecule has 1 aliphatic heterocycles. The van der Waals surface area contributed by atoms with Gasteiger partial charge in [-0.3, -0.25) is 9.59 Å². The second kappa shape index (κ2) is 6.87. The molecule has 23 heavy (non-hydrogen) atoms. The van der Waals surface area contributed by atoms with E-state index in [1.165, 1.54) is 11.8 Å². The Morgan fingerprint density at radius 1 is 1.39 bits per heavy atom. The van der Waals surface area contributed by atoms with Gasteiger partial charge in [-0.05, 0) is 5.56 Å². The summed E-state index contributed by atoms with van der Waals surface area (Å²) in [7, 11) is 1.89. The number of aryl methyl sites for hydroxylation is 1. The summed E-state index contributed by atoms with van der Waals surface area (Å²) in [6.07, 6.45) is 3.55. The number of thioether (sulfide) groups is 1. The minimum atomic E-state index is -0.339. The van der Waals surface area contributed by atoms with Crippen LogP contribution in [-0.2, 0) is 16.6 Å². The summed E-state index contributed by atoms with van der Waals surface area (Å²) in [5.74, 6) is 1.61. The Balaban J connectivity index is 1.78. The number of nitrogens with one attached hydrogen (secondary N) is 1. The molecule has 1 saturated heterocycles. The van der Waals surface area contributed by atoms with Crippen molar-refractivity contribution in [2.45, 2.75) is 6.04 Å². The van der Waals surface area contributed by atoms with E-state index in [4.69, 9.17) is 0 Å². The Bertz CT molecular complexity index is 701. The molecule has 1 aromatic carbocycles. The van der Waals surface area contributed by atoms with Gasteiger partial charge in [0.15, 0.2) is 0 Å². The minimum Gasteiger partial charge on any atom is -0.341 e. The average molecular weight is 330 g/mol. The summed E-state index contributed by atoms with van der Waals surface area (Å²) in [5, 5.41) is 3.00. The number of hydrogen-bond donors (Lipinski definition) is 1. The van der Waals surface area contributed by atoms with Gasteiger partial charge in [0, 0.05) is 19.4 Å². The van der Waals surface area contributed by atoms with E-state index < -0.39 is 0 Å². The first-order valence-corrected chi connectivity index (χ1v) is 8.47. The number of aromatic nitrogens is 2. The highest BCUT2D eigenvalue weighted by Gasteiger charge is 2.25. The lowest BCUT2D eigenvalue weighted by Gasteiger charge is -2.21. The number of rotatable bonds is 5. The lowest BCUT2D eigenvalue weighted by molar-refractivity contribution is -0.132. The molecule has 0 spiro atoms. The Labute approximate surface area is 138 Å². The number of nitrogens with zero attached hydrogens (tertiary/aromatic N) is 3. The van der Waals surface area contributed by atoms with Gasteiger partial charge in [-0.1, -0.05) is 30.3 Å². The topological polar surface area (TPSA) is 67.2 Å². The van der Waals surface area contributed by atoms with Crippen LogP contribution >= 0.6 is 11.8 Å². The molecule has 1 N–H and O–H groups in total. The largest absolute Gasteiger partial charge is 0.341 e. The van der Waals surface area contributed by atoms with E-state index >= 15 is 0 Å². The zero-order chi connectivity index (χ0) is 16.2. The summed E-state index contributed by atoms with van der Waals surface area (Å²) in [6, 6.07) is 9.36. The van der Waals surface area contributed by atoms with E-state index in [1.807, 2.05) is 48.1 Å². The van der Waals surface area contributed by atoms with Crippen LogP contribution in [0.1, 0.15) is 17.4 Å². The maximum absolute atomic E-state index is 12.4. The van der Waals surface area contributed by atoms with Crippen LogP contribution in [0.3, 0.4) is 0 Å². The lowest BCUT2D eigenvalue weighted by Crippen LogP contribution is -2.40. The molecule has 3 rings (SSSR count). The summed E-state index contributed by atoms with van der Waals surface area (Å²) < 4.78 is 1.88. The molecule has 0 saturated carbocycles. The maximum Gasteiger partial charge on any atom is 0.240 e. The van der Waals surface area contributed by atoms with E-state index in [9.17, 15) is 9.59 Å². The highest BCUT2D eigenvalue weighted by atomic mass is 32.2. The normalized spacial score (nSPS) is 15.7. The molecule has 2 heterocycles. The number of benzene rings is 1. The smallest absolute Gasteiger partial charge is 0.240 e. The van der Waals surface area contributed by atoms with Crippen molar-refractivity contribution in [1.82, 2.24) is 19.8 Å². The number of hydrogen-bond acceptors (Lipinski definition) is 4. The highest BCUT2D eigenvalue weighted by Crippen LogP contribution is 2.20. The van der Waals surface area contributed by atoms with Gasteiger partial charge in [0.1, 0.15) is 18.4 Å². The van der Waals surface area contributed by atoms with Crippen molar-refractivity contribution in [3.8, 4) is 0 Å². The van der Waals surface area contributed by atoms with Crippen molar-refractivity contribution < 1.29 is 9.59 Å². The number of amides is 2. The van der Waals surface area contributed by atoms with Crippen LogP contribution in [0.4, 0.5) is 0 Å². The molecular formula is C16H18N4O2S. The molecule has 1 atom stereocenters. The van der Waals surface area contributed by atoms with Crippen molar-refractivity contribution in [3.05, 3.63) is 54.1 Å². The van der Waals surface area contributed by atoms with Crippen LogP contribution in [0.25, 0.3) is 0 Å². The van der Waals surface area contributed by atoms with Gasteiger partial charge < -0.3 is 14.8 Å². The lowest BCUT2D eigenvalue weighted by atomic mass is 10.1. The van der Waals surface area contributed by atoms with Crippen LogP contribution in [0, 0.1) is 0 Å². The monoisotopic (exact) mass is 330 g/mol. The molecule has 1 aliphatic rings. The van der Waals surface area contributed by atoms with Gasteiger partial charge in [0.05, 0.1) is 11.6 Å². The Morgan fingerprint density at radius 3 is 2.78 bits per heavy atom. The molecule has 0 radical (unpaired) electrons. The van der Waals surface area contributed by atoms with Gasteiger partial charge in [-0.15, -0.1) is 11.8 Å². The fraction of sp³-hybridized carbons (Fsp3) is 0.312. The maximum atomic E-state index is 12.4. The Morgan fingerprint density at radius 2 is 2.17 bits per heavy atom. The van der Waals surface area contributed by atoms with E-state index in [1.54, 1.807) is 11.1 Å². The quantitative estimate of drug-likeness (QED) is 0.893. The Hall–Kier alpha value is -2.28. The fourth-order valence-corrected chi connectivity index (χ4v) is 3.42. The van der Waals surface area contributed by atoms with Crippen molar-refractivity contribution >= 4 is 23.6 Å². The van der Waals surface area contributed by atoms with Crippen molar-refractivity contribution in [2.24, 2.45) is 7.05 Å². The third-order valence-electron chi connectivity index (χ3n) is 3.71. The predicted octanol–water partition coefficient (Wildman–Crippen LogP) is 1.16. The van der Waals surface area contributed by atoms with Gasteiger partial charge in [0.25, 0.3) is 0 Å². The second-order valence-corrected chi connectivity index (χ2v) is 6.33. The van der Waals surface area contributed by atoms with E-state index in [2.05, 4.69) is 10.3 Å². The summed E-state index contributed by atoms with van der Waals surface area (Å²) in [4.78, 5) is 30.0. The van der Waals surface area contributed by atoms with Gasteiger partial charge in [-0.25, -0.2) is 4.98 Å². The third-order valence-corrected chi connectivity index (χ3v) is 4.66. The minimum absolute atomic E-state index is 0.0124. The highest BCUT2D eigenvalue weighted by molar-refractivity contribution is 8.00. The van der Waals surface area contributed by atoms with Crippen LogP contribution in [0.2, 0.25) is 0 Å². The average Bonchev–Trinajstić information content (AvgIpc) is 3.15. The van der Waals surface area contributed by atoms with Crippen molar-refractivity contribution in [1.29, 1.82) is 0 Å². The number of carbonyl (C=O) groups excluding carboxylic acids is 2. The molecule has 2 amide bonds. The standard InChI is InChI=1S/C16H18N4O2S/c1-19-8-7-17-16(19)15(12-5-3-2-4-6-12)18-13(21)9-20-11-23-10-14(20)22/h2-8,15H,9-11H2,1H3,(H,18,21). The molecule has 0 aliphatic carbocycles. The number of imidazole rings is 1. The first kappa shape index (κ1) is 15.6. The molecule has 0 bridgehead atoms. The summed E-state index contributed by atoms with van der Waals surface area (Å²) >= 11 is 1.53. The molecule has 7 heteroatoms. The zero-order valence-corrected chi connectivity index (χ0v) is 13.6. The molecule has 1 aromatic heterocycles. The molecule has 1 unspecified atom stereocenters. The predicted molar refractivity (Wildman–Crippen MR) is 88.7 cm³/mol. The Kier molecular flexibility index (Phi) is 4.66. The van der Waals surface area contributed by atoms with Gasteiger partial charge in [0.2, 0.25) is 11.8 Å². The van der Waals surface area contributed by atoms with E-state index in [0.29, 0.717) is 11.6 Å². The molecule has 2 aromatic rings. The van der Waals surface area contributed by atoms with Crippen molar-refractivity contribution in [2.75, 3.05) is 18.2 Å². The summed E-state index contributed by atoms with van der Waals surface area (Å²) in [5.41, 5.74) is 0.956. The van der Waals surface area contributed by atoms with Crippen LogP contribution in [-0.4, -0.2) is 44.4 Å². The number of carbonyl (C=O) groups is 2. The van der Waals surface area contributed by atoms with Crippen molar-refractivity contribution in [3.63, 3.8) is 0 Å². The van der Waals surface area contributed by atoms with Gasteiger partial charge in [-0.2, -0.15) is 0 Å². The molecule has 1 fully saturated rings. The van der Waals surface area contributed by atoms with Gasteiger partial charge >= 0.3 is 0 Å².